The second-order valence-corrected chi connectivity index (χ2v) is 8.40. The van der Waals surface area contributed by atoms with Crippen LogP contribution in [0, 0.1) is 11.6 Å². The summed E-state index contributed by atoms with van der Waals surface area (Å²) >= 11 is 5.92. The molecule has 1 amide bonds. The Morgan fingerprint density at radius 1 is 1.30 bits per heavy atom. The smallest absolute Gasteiger partial charge is 0.247 e. The average molecular weight is 474 g/mol. The fraction of sp³-hybridized carbons (Fsp3) is 0.261. The highest BCUT2D eigenvalue weighted by Gasteiger charge is 2.42. The standard InChI is InChI=1S/C23H20ClF2N5O2/c24-14-2-3-15(27)20(22(14)26)11-7-12-1-4-18(31(12)19(33)8-11)23-29-9-16(30-23)13-5-6-28-17(10-32)21(13)25/h2-3,5-6,8-9,12,18,32H,1,4,7,10,27H2,(H,29,30)/t12?,18-/m0/s1/i10D2. The number of rotatable bonds is 4. The Kier molecular flexibility index (Phi) is 4.79. The molecule has 0 radical (unpaired) electrons. The van der Waals surface area contributed by atoms with Crippen molar-refractivity contribution in [3.05, 3.63) is 70.4 Å². The molecule has 2 aromatic heterocycles. The van der Waals surface area contributed by atoms with Crippen LogP contribution >= 0.6 is 11.6 Å². The minimum Gasteiger partial charge on any atom is -0.398 e. The molecule has 33 heavy (non-hydrogen) atoms. The number of H-pyrrole nitrogens is 1. The van der Waals surface area contributed by atoms with E-state index in [0.29, 0.717) is 30.7 Å². The Labute approximate surface area is 195 Å². The number of nitrogens with zero attached hydrogens (tertiary/aromatic N) is 3. The van der Waals surface area contributed by atoms with E-state index in [-0.39, 0.29) is 39.5 Å². The number of benzene rings is 1. The third-order valence-corrected chi connectivity index (χ3v) is 6.43. The topological polar surface area (TPSA) is 108 Å². The summed E-state index contributed by atoms with van der Waals surface area (Å²) in [5.41, 5.74) is 6.21. The summed E-state index contributed by atoms with van der Waals surface area (Å²) in [6, 6.07) is 3.59. The highest BCUT2D eigenvalue weighted by atomic mass is 35.5. The second-order valence-electron chi connectivity index (χ2n) is 8.00. The summed E-state index contributed by atoms with van der Waals surface area (Å²) < 4.78 is 44.2. The predicted molar refractivity (Wildman–Crippen MR) is 119 cm³/mol. The van der Waals surface area contributed by atoms with Crippen molar-refractivity contribution in [1.82, 2.24) is 19.9 Å². The Morgan fingerprint density at radius 2 is 2.12 bits per heavy atom. The number of hydrogen-bond donors (Lipinski definition) is 3. The molecule has 7 nitrogen and oxygen atoms in total. The molecule has 2 atom stereocenters. The van der Waals surface area contributed by atoms with E-state index in [0.717, 1.165) is 0 Å². The molecule has 1 unspecified atom stereocenters. The largest absolute Gasteiger partial charge is 0.398 e. The van der Waals surface area contributed by atoms with Crippen LogP contribution in [0.15, 0.2) is 36.7 Å². The van der Waals surface area contributed by atoms with E-state index >= 15 is 0 Å². The van der Waals surface area contributed by atoms with Gasteiger partial charge in [-0.25, -0.2) is 13.8 Å². The molecule has 3 aromatic rings. The summed E-state index contributed by atoms with van der Waals surface area (Å²) in [5.74, 6) is -1.56. The molecule has 0 saturated carbocycles. The number of fused-ring (bicyclic) bond motifs is 1. The molecule has 0 bridgehead atoms. The van der Waals surface area contributed by atoms with Crippen LogP contribution in [-0.2, 0) is 11.4 Å². The van der Waals surface area contributed by atoms with Crippen molar-refractivity contribution in [3.63, 3.8) is 0 Å². The number of aliphatic hydroxyl groups is 1. The molecule has 2 aliphatic rings. The van der Waals surface area contributed by atoms with E-state index in [4.69, 9.17) is 20.1 Å². The van der Waals surface area contributed by atoms with Crippen LogP contribution in [0.4, 0.5) is 14.5 Å². The van der Waals surface area contributed by atoms with Gasteiger partial charge < -0.3 is 20.7 Å². The Balaban J connectivity index is 1.45. The first-order valence-corrected chi connectivity index (χ1v) is 10.6. The number of nitrogens with one attached hydrogen (secondary N) is 1. The first kappa shape index (κ1) is 19.2. The van der Waals surface area contributed by atoms with Gasteiger partial charge in [-0.1, -0.05) is 11.6 Å². The fourth-order valence-corrected chi connectivity index (χ4v) is 4.81. The average Bonchev–Trinajstić information content (AvgIpc) is 3.43. The van der Waals surface area contributed by atoms with Crippen molar-refractivity contribution in [2.24, 2.45) is 0 Å². The van der Waals surface area contributed by atoms with E-state index in [1.165, 1.54) is 36.7 Å². The first-order valence-electron chi connectivity index (χ1n) is 11.3. The zero-order valence-corrected chi connectivity index (χ0v) is 17.9. The van der Waals surface area contributed by atoms with Gasteiger partial charge in [0.05, 0.1) is 26.1 Å². The van der Waals surface area contributed by atoms with Crippen LogP contribution in [0.5, 0.6) is 0 Å². The van der Waals surface area contributed by atoms with Gasteiger partial charge in [-0.15, -0.1) is 0 Å². The van der Waals surface area contributed by atoms with Crippen LogP contribution < -0.4 is 5.73 Å². The number of hydrogen-bond acceptors (Lipinski definition) is 5. The number of pyridine rings is 1. The van der Waals surface area contributed by atoms with Gasteiger partial charge in [-0.2, -0.15) is 0 Å². The van der Waals surface area contributed by atoms with Gasteiger partial charge in [-0.05, 0) is 43.0 Å². The van der Waals surface area contributed by atoms with Crippen molar-refractivity contribution in [2.45, 2.75) is 37.9 Å². The van der Waals surface area contributed by atoms with Crippen molar-refractivity contribution < 1.29 is 21.4 Å². The van der Waals surface area contributed by atoms with Crippen molar-refractivity contribution in [2.75, 3.05) is 5.73 Å². The van der Waals surface area contributed by atoms with Crippen LogP contribution in [0.2, 0.25) is 5.02 Å². The zero-order valence-electron chi connectivity index (χ0n) is 19.1. The van der Waals surface area contributed by atoms with Crippen LogP contribution in [0.25, 0.3) is 16.8 Å². The molecule has 10 heteroatoms. The monoisotopic (exact) mass is 473 g/mol. The Hall–Kier alpha value is -3.30. The van der Waals surface area contributed by atoms with E-state index in [1.54, 1.807) is 4.90 Å². The molecule has 1 fully saturated rings. The van der Waals surface area contributed by atoms with Gasteiger partial charge in [0, 0.05) is 41.3 Å². The van der Waals surface area contributed by atoms with Crippen LogP contribution in [0.3, 0.4) is 0 Å². The summed E-state index contributed by atoms with van der Waals surface area (Å²) in [5, 5.41) is 9.47. The van der Waals surface area contributed by atoms with E-state index in [1.807, 2.05) is 0 Å². The van der Waals surface area contributed by atoms with Gasteiger partial charge >= 0.3 is 0 Å². The number of carbonyl (C=O) groups is 1. The van der Waals surface area contributed by atoms with Gasteiger partial charge in [0.25, 0.3) is 0 Å². The molecule has 0 spiro atoms. The van der Waals surface area contributed by atoms with Crippen molar-refractivity contribution >= 4 is 28.8 Å². The maximum absolute atomic E-state index is 14.8. The second kappa shape index (κ2) is 8.24. The molecule has 170 valence electrons. The third-order valence-electron chi connectivity index (χ3n) is 6.14. The van der Waals surface area contributed by atoms with Gasteiger partial charge in [-0.3, -0.25) is 9.78 Å². The molecule has 4 N–H and O–H groups in total. The van der Waals surface area contributed by atoms with E-state index in [2.05, 4.69) is 15.0 Å². The lowest BCUT2D eigenvalue weighted by Crippen LogP contribution is -2.39. The number of nitrogens with two attached hydrogens (primary N) is 1. The zero-order chi connectivity index (χ0) is 25.1. The lowest BCUT2D eigenvalue weighted by atomic mass is 9.92. The normalized spacial score (nSPS) is 21.5. The molecular formula is C23H20ClF2N5O2. The molecule has 1 saturated heterocycles. The molecular weight excluding hydrogens is 452 g/mol. The minimum absolute atomic E-state index is 0.0379. The molecule has 5 rings (SSSR count). The van der Waals surface area contributed by atoms with Gasteiger partial charge in [0.2, 0.25) is 5.91 Å². The number of aromatic amines is 1. The lowest BCUT2D eigenvalue weighted by Gasteiger charge is -2.33. The maximum Gasteiger partial charge on any atom is 0.247 e. The predicted octanol–water partition coefficient (Wildman–Crippen LogP) is 4.00. The number of anilines is 1. The summed E-state index contributed by atoms with van der Waals surface area (Å²) in [7, 11) is 0. The minimum atomic E-state index is -2.95. The highest BCUT2D eigenvalue weighted by Crippen LogP contribution is 2.44. The summed E-state index contributed by atoms with van der Waals surface area (Å²) in [6.45, 7) is -2.95. The molecule has 2 aliphatic heterocycles. The fourth-order valence-electron chi connectivity index (χ4n) is 4.65. The molecule has 4 heterocycles. The lowest BCUT2D eigenvalue weighted by molar-refractivity contribution is -0.129. The Bertz CT molecular complexity index is 1370. The number of imidazole rings is 1. The van der Waals surface area contributed by atoms with Crippen molar-refractivity contribution in [3.8, 4) is 11.3 Å². The molecule has 0 aliphatic carbocycles. The van der Waals surface area contributed by atoms with E-state index in [9.17, 15) is 18.7 Å². The van der Waals surface area contributed by atoms with Gasteiger partial charge in [0.1, 0.15) is 11.5 Å². The SMILES string of the molecule is [2H]C([2H])(O)c1nccc(-c2c[nH]c([C@@H]3CCC4CC(c5c(N)ccc(Cl)c5F)=CC(=O)N43)n2)c1F. The van der Waals surface area contributed by atoms with Crippen LogP contribution in [0.1, 0.15) is 45.1 Å². The highest BCUT2D eigenvalue weighted by molar-refractivity contribution is 6.31. The molecule has 1 aromatic carbocycles. The first-order chi connectivity index (χ1) is 16.6. The number of carbonyl (C=O) groups excluding carboxylic acids is 1. The number of halogens is 3. The van der Waals surface area contributed by atoms with Crippen LogP contribution in [-0.4, -0.2) is 36.9 Å². The summed E-state index contributed by atoms with van der Waals surface area (Å²) in [4.78, 5) is 25.8. The third kappa shape index (κ3) is 3.57. The van der Waals surface area contributed by atoms with Crippen molar-refractivity contribution in [1.29, 1.82) is 0 Å². The van der Waals surface area contributed by atoms with Gasteiger partial charge in [0.15, 0.2) is 11.6 Å². The Morgan fingerprint density at radius 3 is 2.91 bits per heavy atom. The quantitative estimate of drug-likeness (QED) is 0.496. The summed E-state index contributed by atoms with van der Waals surface area (Å²) in [6.07, 6.45) is 5.62. The van der Waals surface area contributed by atoms with E-state index < -0.39 is 29.9 Å². The number of nitrogen functional groups attached to an aromatic ring is 1. The maximum atomic E-state index is 14.8. The number of amides is 1. The number of aromatic nitrogens is 3.